The topological polar surface area (TPSA) is 81.1 Å². The van der Waals surface area contributed by atoms with Gasteiger partial charge in [0.15, 0.2) is 0 Å². The molecule has 0 spiro atoms. The van der Waals surface area contributed by atoms with Crippen molar-refractivity contribution < 1.29 is 19.8 Å². The third kappa shape index (κ3) is 3.52. The molecule has 0 aromatic heterocycles. The molecule has 0 aromatic rings. The van der Waals surface area contributed by atoms with Crippen molar-refractivity contribution in [3.63, 3.8) is 0 Å². The number of carbonyl (C=O) groups excluding carboxylic acids is 1. The van der Waals surface area contributed by atoms with Crippen LogP contribution in [0.1, 0.15) is 20.3 Å². The third-order valence-electron chi connectivity index (χ3n) is 2.84. The maximum absolute atomic E-state index is 12.3. The highest BCUT2D eigenvalue weighted by Crippen LogP contribution is 2.23. The van der Waals surface area contributed by atoms with Crippen molar-refractivity contribution in [3.8, 4) is 0 Å². The number of carboxylic acids is 1. The Morgan fingerprint density at radius 1 is 1.50 bits per heavy atom. The predicted octanol–water partition coefficient (Wildman–Crippen LogP) is 0.659. The van der Waals surface area contributed by atoms with Crippen LogP contribution in [0.4, 0.5) is 4.79 Å². The molecule has 2 N–H and O–H groups in total. The lowest BCUT2D eigenvalue weighted by Gasteiger charge is -2.32. The van der Waals surface area contributed by atoms with Crippen molar-refractivity contribution in [2.24, 2.45) is 0 Å². The average molecular weight is 276 g/mol. The Morgan fingerprint density at radius 3 is 2.67 bits per heavy atom. The van der Waals surface area contributed by atoms with E-state index in [1.807, 2.05) is 13.8 Å². The van der Waals surface area contributed by atoms with Crippen LogP contribution < -0.4 is 0 Å². The van der Waals surface area contributed by atoms with Crippen LogP contribution in [0.3, 0.4) is 0 Å². The van der Waals surface area contributed by atoms with Crippen LogP contribution in [0.25, 0.3) is 0 Å². The van der Waals surface area contributed by atoms with Crippen LogP contribution in [0.15, 0.2) is 0 Å². The van der Waals surface area contributed by atoms with Gasteiger partial charge in [0.05, 0.1) is 5.88 Å². The molecule has 0 saturated carbocycles. The highest BCUT2D eigenvalue weighted by Gasteiger charge is 2.37. The Bertz CT molecular complexity index is 311. The van der Waals surface area contributed by atoms with Gasteiger partial charge >= 0.3 is 12.0 Å². The van der Waals surface area contributed by atoms with E-state index in [0.29, 0.717) is 24.6 Å². The van der Waals surface area contributed by atoms with Crippen molar-refractivity contribution in [1.29, 1.82) is 0 Å². The Balaban J connectivity index is 2.72. The number of hydrogen-bond donors (Lipinski definition) is 2. The van der Waals surface area contributed by atoms with Crippen LogP contribution in [0.2, 0.25) is 0 Å². The summed E-state index contributed by atoms with van der Waals surface area (Å²) < 4.78 is 0. The van der Waals surface area contributed by atoms with Crippen LogP contribution in [-0.2, 0) is 4.79 Å². The summed E-state index contributed by atoms with van der Waals surface area (Å²) in [4.78, 5) is 26.4. The summed E-state index contributed by atoms with van der Waals surface area (Å²) >= 11 is 1.45. The van der Waals surface area contributed by atoms with E-state index >= 15 is 0 Å². The van der Waals surface area contributed by atoms with E-state index in [4.69, 9.17) is 10.2 Å². The lowest BCUT2D eigenvalue weighted by molar-refractivity contribution is -0.141. The highest BCUT2D eigenvalue weighted by molar-refractivity contribution is 7.99. The minimum atomic E-state index is -0.959. The number of aliphatic hydroxyl groups excluding tert-OH is 1. The summed E-state index contributed by atoms with van der Waals surface area (Å²) in [6.07, 6.45) is 0.503. The normalized spacial score (nSPS) is 19.3. The molecule has 1 rings (SSSR count). The SMILES string of the molecule is CC(C)N(CCCO)C(=O)N1CSCC1C(=O)O. The fraction of sp³-hybridized carbons (Fsp3) is 0.818. The number of nitrogens with zero attached hydrogens (tertiary/aromatic N) is 2. The molecule has 18 heavy (non-hydrogen) atoms. The van der Waals surface area contributed by atoms with Gasteiger partial charge in [-0.15, -0.1) is 11.8 Å². The molecule has 0 bridgehead atoms. The van der Waals surface area contributed by atoms with Gasteiger partial charge in [-0.3, -0.25) is 0 Å². The Morgan fingerprint density at radius 2 is 2.17 bits per heavy atom. The molecule has 0 aromatic carbocycles. The summed E-state index contributed by atoms with van der Waals surface area (Å²) in [6.45, 7) is 4.23. The van der Waals surface area contributed by atoms with E-state index in [1.165, 1.54) is 16.7 Å². The van der Waals surface area contributed by atoms with E-state index in [2.05, 4.69) is 0 Å². The van der Waals surface area contributed by atoms with Gasteiger partial charge in [0.1, 0.15) is 6.04 Å². The van der Waals surface area contributed by atoms with E-state index in [0.717, 1.165) is 0 Å². The number of aliphatic hydroxyl groups is 1. The van der Waals surface area contributed by atoms with Crippen LogP contribution in [0, 0.1) is 0 Å². The second-order valence-corrected chi connectivity index (χ2v) is 5.47. The third-order valence-corrected chi connectivity index (χ3v) is 3.85. The van der Waals surface area contributed by atoms with Crippen LogP contribution in [0.5, 0.6) is 0 Å². The number of amides is 2. The van der Waals surface area contributed by atoms with Gasteiger partial charge in [0, 0.05) is 24.9 Å². The zero-order chi connectivity index (χ0) is 13.7. The molecule has 6 nitrogen and oxygen atoms in total. The second-order valence-electron chi connectivity index (χ2n) is 4.47. The van der Waals surface area contributed by atoms with Gasteiger partial charge in [0.2, 0.25) is 0 Å². The maximum Gasteiger partial charge on any atom is 0.327 e. The molecule has 104 valence electrons. The van der Waals surface area contributed by atoms with Gasteiger partial charge in [-0.05, 0) is 20.3 Å². The standard InChI is InChI=1S/C11H20N2O4S/c1-8(2)12(4-3-5-14)11(17)13-7-18-6-9(13)10(15)16/h8-9,14H,3-7H2,1-2H3,(H,15,16). The number of urea groups is 1. The molecule has 1 unspecified atom stereocenters. The van der Waals surface area contributed by atoms with Crippen LogP contribution in [-0.4, -0.2) is 68.9 Å². The molecule has 1 heterocycles. The molecule has 1 saturated heterocycles. The minimum absolute atomic E-state index is 0.0101. The molecule has 7 heteroatoms. The molecule has 1 aliphatic heterocycles. The fourth-order valence-electron chi connectivity index (χ4n) is 1.82. The number of thioether (sulfide) groups is 1. The Hall–Kier alpha value is -0.950. The van der Waals surface area contributed by atoms with Crippen LogP contribution >= 0.6 is 11.8 Å². The zero-order valence-electron chi connectivity index (χ0n) is 10.7. The second kappa shape index (κ2) is 6.84. The first-order valence-electron chi connectivity index (χ1n) is 5.97. The highest BCUT2D eigenvalue weighted by atomic mass is 32.2. The van der Waals surface area contributed by atoms with Gasteiger partial charge < -0.3 is 20.0 Å². The van der Waals surface area contributed by atoms with Crippen molar-refractivity contribution in [2.45, 2.75) is 32.4 Å². The first kappa shape index (κ1) is 15.1. The summed E-state index contributed by atoms with van der Waals surface area (Å²) in [5, 5.41) is 17.9. The van der Waals surface area contributed by atoms with Crippen molar-refractivity contribution in [3.05, 3.63) is 0 Å². The summed E-state index contributed by atoms with van der Waals surface area (Å²) in [6, 6.07) is -1.00. The largest absolute Gasteiger partial charge is 0.480 e. The molecular weight excluding hydrogens is 256 g/mol. The summed E-state index contributed by atoms with van der Waals surface area (Å²) in [7, 11) is 0. The molecule has 1 atom stereocenters. The Kier molecular flexibility index (Phi) is 5.74. The van der Waals surface area contributed by atoms with Gasteiger partial charge in [-0.25, -0.2) is 9.59 Å². The van der Waals surface area contributed by atoms with E-state index in [1.54, 1.807) is 4.90 Å². The van der Waals surface area contributed by atoms with Gasteiger partial charge in [0.25, 0.3) is 0 Å². The summed E-state index contributed by atoms with van der Waals surface area (Å²) in [5.74, 6) is -0.107. The number of hydrogen-bond acceptors (Lipinski definition) is 4. The number of aliphatic carboxylic acids is 1. The quantitative estimate of drug-likeness (QED) is 0.771. The summed E-state index contributed by atoms with van der Waals surface area (Å²) in [5.41, 5.74) is 0. The Labute approximate surface area is 111 Å². The molecule has 2 amide bonds. The number of carboxylic acid groups (broad SMARTS) is 1. The fourth-order valence-corrected chi connectivity index (χ4v) is 2.95. The van der Waals surface area contributed by atoms with Crippen molar-refractivity contribution >= 4 is 23.8 Å². The monoisotopic (exact) mass is 276 g/mol. The zero-order valence-corrected chi connectivity index (χ0v) is 11.5. The molecule has 1 aliphatic rings. The molecule has 0 aliphatic carbocycles. The molecule has 0 radical (unpaired) electrons. The van der Waals surface area contributed by atoms with E-state index < -0.39 is 12.0 Å². The molecule has 1 fully saturated rings. The average Bonchev–Trinajstić information content (AvgIpc) is 2.77. The van der Waals surface area contributed by atoms with E-state index in [-0.39, 0.29) is 18.7 Å². The number of rotatable bonds is 5. The maximum atomic E-state index is 12.3. The minimum Gasteiger partial charge on any atom is -0.480 e. The first-order valence-corrected chi connectivity index (χ1v) is 7.13. The van der Waals surface area contributed by atoms with Gasteiger partial charge in [-0.2, -0.15) is 0 Å². The molecular formula is C11H20N2O4S. The number of carbonyl (C=O) groups is 2. The first-order chi connectivity index (χ1) is 8.49. The van der Waals surface area contributed by atoms with Crippen molar-refractivity contribution in [1.82, 2.24) is 9.80 Å². The predicted molar refractivity (Wildman–Crippen MR) is 69.5 cm³/mol. The lowest BCUT2D eigenvalue weighted by Crippen LogP contribution is -2.51. The van der Waals surface area contributed by atoms with Crippen molar-refractivity contribution in [2.75, 3.05) is 24.8 Å². The smallest absolute Gasteiger partial charge is 0.327 e. The lowest BCUT2D eigenvalue weighted by atomic mass is 10.2. The van der Waals surface area contributed by atoms with Gasteiger partial charge in [-0.1, -0.05) is 0 Å². The van der Waals surface area contributed by atoms with E-state index in [9.17, 15) is 9.59 Å².